The molecule has 1 aliphatic heterocycles. The van der Waals surface area contributed by atoms with Gasteiger partial charge in [-0.2, -0.15) is 0 Å². The minimum absolute atomic E-state index is 0.204. The number of nitro benzene ring substituents is 1. The number of benzene rings is 1. The summed E-state index contributed by atoms with van der Waals surface area (Å²) >= 11 is 0. The second-order valence-corrected chi connectivity index (χ2v) is 4.62. The van der Waals surface area contributed by atoms with Gasteiger partial charge in [0.1, 0.15) is 5.82 Å². The van der Waals surface area contributed by atoms with Crippen LogP contribution in [0.5, 0.6) is 0 Å². The van der Waals surface area contributed by atoms with E-state index < -0.39 is 10.7 Å². The molecule has 0 aromatic heterocycles. The van der Waals surface area contributed by atoms with Gasteiger partial charge in [-0.15, -0.1) is 0 Å². The molecule has 1 fully saturated rings. The van der Waals surface area contributed by atoms with Gasteiger partial charge >= 0.3 is 0 Å². The molecule has 0 amide bonds. The average Bonchev–Trinajstić information content (AvgIpc) is 2.31. The molecule has 0 bridgehead atoms. The van der Waals surface area contributed by atoms with Crippen LogP contribution in [0.3, 0.4) is 0 Å². The lowest BCUT2D eigenvalue weighted by atomic mass is 10.1. The summed E-state index contributed by atoms with van der Waals surface area (Å²) in [6, 6.07) is 4.23. The second kappa shape index (κ2) is 5.41. The minimum atomic E-state index is -0.584. The molecule has 1 N–H and O–H groups in total. The van der Waals surface area contributed by atoms with Crippen molar-refractivity contribution < 1.29 is 9.31 Å². The van der Waals surface area contributed by atoms with Crippen molar-refractivity contribution in [2.75, 3.05) is 19.6 Å². The molecule has 98 valence electrons. The third kappa shape index (κ3) is 3.02. The number of hydrogen-bond donors (Lipinski definition) is 1. The van der Waals surface area contributed by atoms with Gasteiger partial charge in [0, 0.05) is 43.9 Å². The number of rotatable bonds is 3. The van der Waals surface area contributed by atoms with Crippen LogP contribution in [0.25, 0.3) is 0 Å². The molecule has 6 heteroatoms. The second-order valence-electron chi connectivity index (χ2n) is 4.62. The fraction of sp³-hybridized carbons (Fsp3) is 0.500. The van der Waals surface area contributed by atoms with E-state index in [0.717, 1.165) is 25.7 Å². The molecule has 0 aliphatic carbocycles. The number of halogens is 1. The highest BCUT2D eigenvalue weighted by Crippen LogP contribution is 2.18. The molecule has 1 aliphatic rings. The number of nitro groups is 1. The van der Waals surface area contributed by atoms with E-state index in [-0.39, 0.29) is 5.69 Å². The van der Waals surface area contributed by atoms with Crippen LogP contribution in [0.1, 0.15) is 12.5 Å². The highest BCUT2D eigenvalue weighted by Gasteiger charge is 2.18. The lowest BCUT2D eigenvalue weighted by molar-refractivity contribution is -0.385. The standard InChI is InChI=1S/C12H16FN3O2/c1-9-7-15(5-4-14-9)8-10-2-3-11(16(17)18)6-12(10)13/h2-3,6,9,14H,4-5,7-8H2,1H3/t9-/m0/s1. The summed E-state index contributed by atoms with van der Waals surface area (Å²) in [5.41, 5.74) is 0.305. The monoisotopic (exact) mass is 253 g/mol. The Morgan fingerprint density at radius 1 is 1.61 bits per heavy atom. The van der Waals surface area contributed by atoms with Crippen molar-refractivity contribution in [2.45, 2.75) is 19.5 Å². The van der Waals surface area contributed by atoms with Crippen LogP contribution in [-0.2, 0) is 6.54 Å². The molecule has 0 radical (unpaired) electrons. The molecule has 0 unspecified atom stereocenters. The molecule has 1 aromatic rings. The van der Waals surface area contributed by atoms with Gasteiger partial charge in [-0.1, -0.05) is 0 Å². The first-order valence-electron chi connectivity index (χ1n) is 5.95. The minimum Gasteiger partial charge on any atom is -0.312 e. The van der Waals surface area contributed by atoms with E-state index in [2.05, 4.69) is 17.1 Å². The van der Waals surface area contributed by atoms with Gasteiger partial charge in [-0.05, 0) is 13.0 Å². The van der Waals surface area contributed by atoms with Gasteiger partial charge in [-0.25, -0.2) is 4.39 Å². The molecule has 0 spiro atoms. The molecule has 5 nitrogen and oxygen atoms in total. The maximum absolute atomic E-state index is 13.7. The quantitative estimate of drug-likeness (QED) is 0.655. The summed E-state index contributed by atoms with van der Waals surface area (Å²) in [4.78, 5) is 12.1. The van der Waals surface area contributed by atoms with Crippen LogP contribution < -0.4 is 5.32 Å². The number of hydrogen-bond acceptors (Lipinski definition) is 4. The highest BCUT2D eigenvalue weighted by atomic mass is 19.1. The predicted octanol–water partition coefficient (Wildman–Crippen LogP) is 1.53. The molecule has 1 aromatic carbocycles. The Kier molecular flexibility index (Phi) is 3.88. The van der Waals surface area contributed by atoms with Crippen LogP contribution in [0.4, 0.5) is 10.1 Å². The largest absolute Gasteiger partial charge is 0.312 e. The Balaban J connectivity index is 2.07. The van der Waals surface area contributed by atoms with Gasteiger partial charge in [0.05, 0.1) is 11.0 Å². The first-order valence-corrected chi connectivity index (χ1v) is 5.95. The zero-order chi connectivity index (χ0) is 13.1. The average molecular weight is 253 g/mol. The van der Waals surface area contributed by atoms with E-state index in [1.54, 1.807) is 0 Å². The van der Waals surface area contributed by atoms with Crippen LogP contribution in [0.15, 0.2) is 18.2 Å². The van der Waals surface area contributed by atoms with Crippen LogP contribution in [-0.4, -0.2) is 35.5 Å². The SMILES string of the molecule is C[C@H]1CN(Cc2ccc([N+](=O)[O-])cc2F)CCN1. The molecular formula is C12H16FN3O2. The predicted molar refractivity (Wildman–Crippen MR) is 65.8 cm³/mol. The number of non-ortho nitro benzene ring substituents is 1. The first-order chi connectivity index (χ1) is 8.56. The van der Waals surface area contributed by atoms with Crippen molar-refractivity contribution in [2.24, 2.45) is 0 Å². The van der Waals surface area contributed by atoms with E-state index in [1.807, 2.05) is 0 Å². The third-order valence-electron chi connectivity index (χ3n) is 3.09. The molecular weight excluding hydrogens is 237 g/mol. The maximum Gasteiger partial charge on any atom is 0.272 e. The lowest BCUT2D eigenvalue weighted by Gasteiger charge is -2.31. The Hall–Kier alpha value is -1.53. The first kappa shape index (κ1) is 12.9. The number of nitrogens with zero attached hydrogens (tertiary/aromatic N) is 2. The summed E-state index contributed by atoms with van der Waals surface area (Å²) in [6.45, 7) is 5.18. The normalized spacial score (nSPS) is 20.9. The highest BCUT2D eigenvalue weighted by molar-refractivity contribution is 5.34. The fourth-order valence-corrected chi connectivity index (χ4v) is 2.17. The van der Waals surface area contributed by atoms with Crippen LogP contribution in [0.2, 0.25) is 0 Å². The van der Waals surface area contributed by atoms with Gasteiger partial charge in [0.15, 0.2) is 0 Å². The van der Waals surface area contributed by atoms with Crippen molar-refractivity contribution in [3.8, 4) is 0 Å². The fourth-order valence-electron chi connectivity index (χ4n) is 2.17. The van der Waals surface area contributed by atoms with Crippen LogP contribution >= 0.6 is 0 Å². The zero-order valence-corrected chi connectivity index (χ0v) is 10.2. The summed E-state index contributed by atoms with van der Waals surface area (Å²) in [5.74, 6) is -0.504. The topological polar surface area (TPSA) is 58.4 Å². The summed E-state index contributed by atoms with van der Waals surface area (Å²) in [6.07, 6.45) is 0. The molecule has 18 heavy (non-hydrogen) atoms. The van der Waals surface area contributed by atoms with E-state index in [1.165, 1.54) is 12.1 Å². The van der Waals surface area contributed by atoms with Gasteiger partial charge in [0.2, 0.25) is 0 Å². The molecule has 0 saturated carbocycles. The zero-order valence-electron chi connectivity index (χ0n) is 10.2. The van der Waals surface area contributed by atoms with Crippen molar-refractivity contribution in [3.63, 3.8) is 0 Å². The van der Waals surface area contributed by atoms with Crippen LogP contribution in [0, 0.1) is 15.9 Å². The van der Waals surface area contributed by atoms with E-state index in [4.69, 9.17) is 0 Å². The van der Waals surface area contributed by atoms with Gasteiger partial charge in [-0.3, -0.25) is 15.0 Å². The van der Waals surface area contributed by atoms with Crippen molar-refractivity contribution in [3.05, 3.63) is 39.7 Å². The Labute approximate surface area is 105 Å². The Bertz CT molecular complexity index is 453. The third-order valence-corrected chi connectivity index (χ3v) is 3.09. The molecule has 1 atom stereocenters. The molecule has 1 heterocycles. The Morgan fingerprint density at radius 3 is 3.00 bits per heavy atom. The summed E-state index contributed by atoms with van der Waals surface area (Å²) in [5, 5.41) is 13.8. The van der Waals surface area contributed by atoms with E-state index in [9.17, 15) is 14.5 Å². The maximum atomic E-state index is 13.7. The van der Waals surface area contributed by atoms with Crippen molar-refractivity contribution >= 4 is 5.69 Å². The number of nitrogens with one attached hydrogen (secondary N) is 1. The van der Waals surface area contributed by atoms with Crippen molar-refractivity contribution in [1.29, 1.82) is 0 Å². The molecule has 2 rings (SSSR count). The van der Waals surface area contributed by atoms with E-state index in [0.29, 0.717) is 18.2 Å². The smallest absolute Gasteiger partial charge is 0.272 e. The molecule has 1 saturated heterocycles. The van der Waals surface area contributed by atoms with Gasteiger partial charge in [0.25, 0.3) is 5.69 Å². The summed E-state index contributed by atoms with van der Waals surface area (Å²) in [7, 11) is 0. The summed E-state index contributed by atoms with van der Waals surface area (Å²) < 4.78 is 13.7. The Morgan fingerprint density at radius 2 is 2.39 bits per heavy atom. The van der Waals surface area contributed by atoms with Gasteiger partial charge < -0.3 is 5.32 Å². The lowest BCUT2D eigenvalue weighted by Crippen LogP contribution is -2.48. The number of piperazine rings is 1. The van der Waals surface area contributed by atoms with E-state index >= 15 is 0 Å². The van der Waals surface area contributed by atoms with Crippen molar-refractivity contribution in [1.82, 2.24) is 10.2 Å².